The average molecular weight is 267 g/mol. The first kappa shape index (κ1) is 13.5. The van der Waals surface area contributed by atoms with Gasteiger partial charge >= 0.3 is 0 Å². The van der Waals surface area contributed by atoms with E-state index in [1.807, 2.05) is 17.7 Å². The fraction of sp³-hybridized carbons (Fsp3) is 0.308. The van der Waals surface area contributed by atoms with Gasteiger partial charge in [0.25, 0.3) is 0 Å². The summed E-state index contributed by atoms with van der Waals surface area (Å²) >= 11 is 0. The van der Waals surface area contributed by atoms with E-state index in [4.69, 9.17) is 4.74 Å². The lowest BCUT2D eigenvalue weighted by Crippen LogP contribution is -2.07. The molecule has 0 radical (unpaired) electrons. The zero-order chi connectivity index (χ0) is 13.8. The first-order valence-corrected chi connectivity index (χ1v) is 5.84. The number of nitrogens with zero attached hydrogens (tertiary/aromatic N) is 2. The lowest BCUT2D eigenvalue weighted by molar-refractivity contribution is 0.188. The maximum atomic E-state index is 13.1. The molecule has 0 bridgehead atoms. The Hall–Kier alpha value is -1.95. The summed E-state index contributed by atoms with van der Waals surface area (Å²) in [4.78, 5) is 4.27. The molecule has 1 heterocycles. The van der Waals surface area contributed by atoms with E-state index in [1.54, 1.807) is 7.11 Å². The predicted molar refractivity (Wildman–Crippen MR) is 68.5 cm³/mol. The van der Waals surface area contributed by atoms with Crippen LogP contribution >= 0.6 is 0 Å². The van der Waals surface area contributed by atoms with Crippen molar-refractivity contribution in [1.29, 1.82) is 0 Å². The summed E-state index contributed by atoms with van der Waals surface area (Å²) in [5.74, 6) is -0.733. The quantitative estimate of drug-likeness (QED) is 0.905. The third kappa shape index (κ3) is 3.51. The molecule has 1 aromatic heterocycles. The van der Waals surface area contributed by atoms with Gasteiger partial charge in [-0.2, -0.15) is 0 Å². The molecule has 102 valence electrons. The fourth-order valence-corrected chi connectivity index (χ4v) is 1.76. The number of rotatable bonds is 5. The second kappa shape index (κ2) is 5.79. The number of nitrogens with one attached hydrogen (secondary N) is 1. The minimum Gasteiger partial charge on any atom is -0.383 e. The number of hydrogen-bond acceptors (Lipinski definition) is 3. The summed E-state index contributed by atoms with van der Waals surface area (Å²) in [6.07, 6.45) is 1.84. The molecule has 0 unspecified atom stereocenters. The Bertz CT molecular complexity index is 549. The highest BCUT2D eigenvalue weighted by molar-refractivity contribution is 5.54. The van der Waals surface area contributed by atoms with Crippen LogP contribution in [0, 0.1) is 18.6 Å². The number of anilines is 2. The Morgan fingerprint density at radius 2 is 1.95 bits per heavy atom. The smallest absolute Gasteiger partial charge is 0.207 e. The van der Waals surface area contributed by atoms with Crippen molar-refractivity contribution in [2.24, 2.45) is 0 Å². The molecule has 0 fully saturated rings. The van der Waals surface area contributed by atoms with Crippen LogP contribution < -0.4 is 5.32 Å². The van der Waals surface area contributed by atoms with E-state index in [1.165, 1.54) is 12.1 Å². The van der Waals surface area contributed by atoms with E-state index in [0.29, 0.717) is 24.8 Å². The molecule has 0 aliphatic carbocycles. The van der Waals surface area contributed by atoms with E-state index < -0.39 is 11.6 Å². The Morgan fingerprint density at radius 1 is 1.26 bits per heavy atom. The van der Waals surface area contributed by atoms with Crippen LogP contribution in [0.3, 0.4) is 0 Å². The number of methoxy groups -OCH3 is 1. The van der Waals surface area contributed by atoms with E-state index in [-0.39, 0.29) is 0 Å². The van der Waals surface area contributed by atoms with Crippen LogP contribution in [0.1, 0.15) is 5.69 Å². The molecule has 0 amide bonds. The zero-order valence-electron chi connectivity index (χ0n) is 10.8. The van der Waals surface area contributed by atoms with Gasteiger partial charge in [0.1, 0.15) is 11.6 Å². The van der Waals surface area contributed by atoms with Crippen molar-refractivity contribution < 1.29 is 13.5 Å². The van der Waals surface area contributed by atoms with Gasteiger partial charge in [-0.3, -0.25) is 0 Å². The van der Waals surface area contributed by atoms with E-state index in [0.717, 1.165) is 11.8 Å². The number of aryl methyl sites for hydroxylation is 1. The highest BCUT2D eigenvalue weighted by Crippen LogP contribution is 2.18. The summed E-state index contributed by atoms with van der Waals surface area (Å²) < 4.78 is 33.1. The van der Waals surface area contributed by atoms with Crippen LogP contribution in [0.5, 0.6) is 0 Å². The van der Waals surface area contributed by atoms with Crippen molar-refractivity contribution in [2.75, 3.05) is 19.0 Å². The maximum Gasteiger partial charge on any atom is 0.207 e. The molecule has 1 N–H and O–H groups in total. The number of ether oxygens (including phenoxy) is 1. The summed E-state index contributed by atoms with van der Waals surface area (Å²) in [7, 11) is 1.61. The second-order valence-electron chi connectivity index (χ2n) is 4.18. The first-order chi connectivity index (χ1) is 9.08. The van der Waals surface area contributed by atoms with Crippen LogP contribution in [0.15, 0.2) is 24.4 Å². The third-order valence-electron chi connectivity index (χ3n) is 2.55. The van der Waals surface area contributed by atoms with Crippen LogP contribution in [-0.4, -0.2) is 23.3 Å². The molecule has 2 rings (SSSR count). The predicted octanol–water partition coefficient (Wildman–Crippen LogP) is 2.86. The average Bonchev–Trinajstić information content (AvgIpc) is 2.65. The van der Waals surface area contributed by atoms with E-state index in [2.05, 4.69) is 10.3 Å². The molecule has 2 aromatic rings. The van der Waals surface area contributed by atoms with Crippen molar-refractivity contribution in [2.45, 2.75) is 13.5 Å². The van der Waals surface area contributed by atoms with Gasteiger partial charge in [0.2, 0.25) is 5.95 Å². The van der Waals surface area contributed by atoms with Gasteiger partial charge in [0, 0.05) is 31.6 Å². The van der Waals surface area contributed by atoms with Crippen molar-refractivity contribution in [3.05, 3.63) is 41.7 Å². The number of benzene rings is 1. The fourth-order valence-electron chi connectivity index (χ4n) is 1.76. The third-order valence-corrected chi connectivity index (χ3v) is 2.55. The van der Waals surface area contributed by atoms with Crippen LogP contribution in [-0.2, 0) is 11.3 Å². The number of imidazole rings is 1. The molecule has 0 spiro atoms. The van der Waals surface area contributed by atoms with Crippen molar-refractivity contribution in [3.8, 4) is 0 Å². The normalized spacial score (nSPS) is 10.7. The molecule has 0 aliphatic heterocycles. The van der Waals surface area contributed by atoms with Gasteiger partial charge in [-0.25, -0.2) is 13.8 Å². The SMILES string of the molecule is COCCn1cc(C)nc1Nc1cc(F)cc(F)c1. The van der Waals surface area contributed by atoms with E-state index >= 15 is 0 Å². The number of aromatic nitrogens is 2. The molecule has 0 saturated heterocycles. The largest absolute Gasteiger partial charge is 0.383 e. The van der Waals surface area contributed by atoms with Gasteiger partial charge in [0.15, 0.2) is 0 Å². The maximum absolute atomic E-state index is 13.1. The molecule has 4 nitrogen and oxygen atoms in total. The van der Waals surface area contributed by atoms with Gasteiger partial charge in [-0.1, -0.05) is 0 Å². The molecule has 0 atom stereocenters. The molecular formula is C13H15F2N3O. The van der Waals surface area contributed by atoms with Gasteiger partial charge in [0.05, 0.1) is 12.3 Å². The van der Waals surface area contributed by atoms with Crippen molar-refractivity contribution in [1.82, 2.24) is 9.55 Å². The molecule has 1 aromatic carbocycles. The highest BCUT2D eigenvalue weighted by Gasteiger charge is 2.07. The number of halogens is 2. The van der Waals surface area contributed by atoms with Crippen LogP contribution in [0.4, 0.5) is 20.4 Å². The number of hydrogen-bond donors (Lipinski definition) is 1. The Kier molecular flexibility index (Phi) is 4.11. The Morgan fingerprint density at radius 3 is 2.58 bits per heavy atom. The Labute approximate surface area is 110 Å². The van der Waals surface area contributed by atoms with E-state index in [9.17, 15) is 8.78 Å². The van der Waals surface area contributed by atoms with Crippen LogP contribution in [0.2, 0.25) is 0 Å². The van der Waals surface area contributed by atoms with Crippen LogP contribution in [0.25, 0.3) is 0 Å². The molecule has 0 aliphatic rings. The second-order valence-corrected chi connectivity index (χ2v) is 4.18. The zero-order valence-corrected chi connectivity index (χ0v) is 10.8. The van der Waals surface area contributed by atoms with Gasteiger partial charge < -0.3 is 14.6 Å². The first-order valence-electron chi connectivity index (χ1n) is 5.84. The summed E-state index contributed by atoms with van der Waals surface area (Å²) in [5, 5.41) is 2.90. The summed E-state index contributed by atoms with van der Waals surface area (Å²) in [6.45, 7) is 2.99. The molecule has 6 heteroatoms. The monoisotopic (exact) mass is 267 g/mol. The summed E-state index contributed by atoms with van der Waals surface area (Å²) in [5.41, 5.74) is 1.14. The van der Waals surface area contributed by atoms with Crippen molar-refractivity contribution >= 4 is 11.6 Å². The molecular weight excluding hydrogens is 252 g/mol. The molecule has 19 heavy (non-hydrogen) atoms. The van der Waals surface area contributed by atoms with Gasteiger partial charge in [-0.05, 0) is 19.1 Å². The highest BCUT2D eigenvalue weighted by atomic mass is 19.1. The van der Waals surface area contributed by atoms with Crippen molar-refractivity contribution in [3.63, 3.8) is 0 Å². The van der Waals surface area contributed by atoms with Gasteiger partial charge in [-0.15, -0.1) is 0 Å². The summed E-state index contributed by atoms with van der Waals surface area (Å²) in [6, 6.07) is 3.26. The lowest BCUT2D eigenvalue weighted by Gasteiger charge is -2.09. The topological polar surface area (TPSA) is 39.1 Å². The minimum atomic E-state index is -0.630. The standard InChI is InChI=1S/C13H15F2N3O/c1-9-8-18(3-4-19-2)13(16-9)17-12-6-10(14)5-11(15)7-12/h5-8H,3-4H2,1-2H3,(H,16,17). The lowest BCUT2D eigenvalue weighted by atomic mass is 10.3. The molecule has 0 saturated carbocycles. The minimum absolute atomic E-state index is 0.321. The Balaban J connectivity index is 2.22.